The van der Waals surface area contributed by atoms with Crippen molar-refractivity contribution in [3.05, 3.63) is 76.7 Å². The van der Waals surface area contributed by atoms with Crippen LogP contribution < -0.4 is 4.74 Å². The molecule has 1 aliphatic rings. The SMILES string of the molecule is c1ccc(COc2nc(-c3ccccc3)nc3sc4c(c23)CCCC4)cc1. The lowest BCUT2D eigenvalue weighted by Gasteiger charge is -2.13. The van der Waals surface area contributed by atoms with E-state index in [9.17, 15) is 0 Å². The molecule has 0 atom stereocenters. The highest BCUT2D eigenvalue weighted by molar-refractivity contribution is 7.18. The number of nitrogens with zero attached hydrogens (tertiary/aromatic N) is 2. The molecule has 0 radical (unpaired) electrons. The third-order valence-corrected chi connectivity index (χ3v) is 6.22. The highest BCUT2D eigenvalue weighted by atomic mass is 32.1. The van der Waals surface area contributed by atoms with E-state index in [-0.39, 0.29) is 0 Å². The Kier molecular flexibility index (Phi) is 4.34. The smallest absolute Gasteiger partial charge is 0.226 e. The number of fused-ring (bicyclic) bond motifs is 3. The zero-order chi connectivity index (χ0) is 18.1. The molecule has 3 nitrogen and oxygen atoms in total. The molecule has 0 saturated carbocycles. The van der Waals surface area contributed by atoms with Crippen molar-refractivity contribution in [1.29, 1.82) is 0 Å². The molecule has 134 valence electrons. The minimum Gasteiger partial charge on any atom is -0.472 e. The van der Waals surface area contributed by atoms with Gasteiger partial charge in [-0.15, -0.1) is 11.3 Å². The van der Waals surface area contributed by atoms with E-state index >= 15 is 0 Å². The van der Waals surface area contributed by atoms with Crippen molar-refractivity contribution < 1.29 is 4.74 Å². The van der Waals surface area contributed by atoms with Gasteiger partial charge in [-0.2, -0.15) is 4.98 Å². The molecule has 4 aromatic rings. The second kappa shape index (κ2) is 7.12. The van der Waals surface area contributed by atoms with Crippen molar-refractivity contribution in [2.24, 2.45) is 0 Å². The summed E-state index contributed by atoms with van der Waals surface area (Å²) in [7, 11) is 0. The number of aryl methyl sites for hydroxylation is 2. The molecule has 1 aliphatic carbocycles. The Morgan fingerprint density at radius 3 is 2.41 bits per heavy atom. The zero-order valence-electron chi connectivity index (χ0n) is 15.0. The maximum Gasteiger partial charge on any atom is 0.226 e. The van der Waals surface area contributed by atoms with Crippen LogP contribution in [0.25, 0.3) is 21.6 Å². The first-order valence-electron chi connectivity index (χ1n) is 9.43. The van der Waals surface area contributed by atoms with Gasteiger partial charge in [-0.1, -0.05) is 60.7 Å². The van der Waals surface area contributed by atoms with E-state index in [2.05, 4.69) is 24.3 Å². The van der Waals surface area contributed by atoms with Crippen LogP contribution in [-0.4, -0.2) is 9.97 Å². The molecule has 0 spiro atoms. The van der Waals surface area contributed by atoms with Gasteiger partial charge < -0.3 is 4.74 Å². The Balaban J connectivity index is 1.62. The maximum atomic E-state index is 6.25. The van der Waals surface area contributed by atoms with E-state index < -0.39 is 0 Å². The molecule has 0 aliphatic heterocycles. The largest absolute Gasteiger partial charge is 0.472 e. The molecular weight excluding hydrogens is 352 g/mol. The van der Waals surface area contributed by atoms with Gasteiger partial charge in [0.15, 0.2) is 5.82 Å². The van der Waals surface area contributed by atoms with Crippen molar-refractivity contribution in [2.45, 2.75) is 32.3 Å². The predicted octanol–water partition coefficient (Wildman–Crippen LogP) is 5.82. The topological polar surface area (TPSA) is 35.0 Å². The highest BCUT2D eigenvalue weighted by Gasteiger charge is 2.22. The van der Waals surface area contributed by atoms with Gasteiger partial charge in [0, 0.05) is 10.4 Å². The summed E-state index contributed by atoms with van der Waals surface area (Å²) >= 11 is 1.81. The van der Waals surface area contributed by atoms with Crippen LogP contribution >= 0.6 is 11.3 Å². The Morgan fingerprint density at radius 2 is 1.59 bits per heavy atom. The summed E-state index contributed by atoms with van der Waals surface area (Å²) in [5, 5.41) is 1.13. The van der Waals surface area contributed by atoms with Crippen molar-refractivity contribution >= 4 is 21.6 Å². The molecule has 0 saturated heterocycles. The maximum absolute atomic E-state index is 6.25. The van der Waals surface area contributed by atoms with E-state index in [1.165, 1.54) is 23.3 Å². The van der Waals surface area contributed by atoms with Gasteiger partial charge in [0.2, 0.25) is 5.88 Å². The average molecular weight is 372 g/mol. The van der Waals surface area contributed by atoms with Crippen LogP contribution in [-0.2, 0) is 19.4 Å². The van der Waals surface area contributed by atoms with Crippen molar-refractivity contribution in [3.8, 4) is 17.3 Å². The summed E-state index contributed by atoms with van der Waals surface area (Å²) in [6.45, 7) is 0.520. The summed E-state index contributed by atoms with van der Waals surface area (Å²) in [5.41, 5.74) is 3.58. The lowest BCUT2D eigenvalue weighted by atomic mass is 9.97. The first-order valence-corrected chi connectivity index (χ1v) is 10.2. The molecule has 2 aromatic carbocycles. The van der Waals surface area contributed by atoms with Crippen molar-refractivity contribution in [1.82, 2.24) is 9.97 Å². The Hall–Kier alpha value is -2.72. The predicted molar refractivity (Wildman–Crippen MR) is 110 cm³/mol. The van der Waals surface area contributed by atoms with Gasteiger partial charge in [-0.25, -0.2) is 4.98 Å². The number of aromatic nitrogens is 2. The van der Waals surface area contributed by atoms with Gasteiger partial charge >= 0.3 is 0 Å². The highest BCUT2D eigenvalue weighted by Crippen LogP contribution is 2.40. The zero-order valence-corrected chi connectivity index (χ0v) is 15.8. The molecule has 5 rings (SSSR count). The van der Waals surface area contributed by atoms with Crippen LogP contribution in [0.4, 0.5) is 0 Å². The summed E-state index contributed by atoms with van der Waals surface area (Å²) < 4.78 is 6.25. The molecule has 0 unspecified atom stereocenters. The van der Waals surface area contributed by atoms with Gasteiger partial charge in [0.05, 0.1) is 5.39 Å². The standard InChI is InChI=1S/C23H20N2OS/c1-3-9-16(10-4-1)15-26-22-20-18-13-7-8-14-19(18)27-23(20)25-21(24-22)17-11-5-2-6-12-17/h1-6,9-12H,7-8,13-15H2. The number of thiophene rings is 1. The number of ether oxygens (including phenoxy) is 1. The van der Waals surface area contributed by atoms with Crippen LogP contribution in [0.1, 0.15) is 28.8 Å². The Labute approximate surface area is 162 Å². The third-order valence-electron chi connectivity index (χ3n) is 5.03. The fraction of sp³-hybridized carbons (Fsp3) is 0.217. The first-order chi connectivity index (χ1) is 13.4. The van der Waals surface area contributed by atoms with Gasteiger partial charge in [0.1, 0.15) is 11.4 Å². The first kappa shape index (κ1) is 16.5. The second-order valence-corrected chi connectivity index (χ2v) is 7.97. The summed E-state index contributed by atoms with van der Waals surface area (Å²) in [4.78, 5) is 12.2. The molecule has 0 N–H and O–H groups in total. The summed E-state index contributed by atoms with van der Waals surface area (Å²) in [6.07, 6.45) is 4.75. The Bertz CT molecular complexity index is 1070. The van der Waals surface area contributed by atoms with E-state index in [1.54, 1.807) is 0 Å². The fourth-order valence-electron chi connectivity index (χ4n) is 3.67. The van der Waals surface area contributed by atoms with Crippen molar-refractivity contribution in [2.75, 3.05) is 0 Å². The van der Waals surface area contributed by atoms with Crippen LogP contribution in [0.15, 0.2) is 60.7 Å². The third kappa shape index (κ3) is 3.21. The van der Waals surface area contributed by atoms with Gasteiger partial charge in [-0.3, -0.25) is 0 Å². The molecule has 2 heterocycles. The fourth-order valence-corrected chi connectivity index (χ4v) is 4.92. The summed E-state index contributed by atoms with van der Waals surface area (Å²) in [5.74, 6) is 1.46. The molecule has 2 aromatic heterocycles. The van der Waals surface area contributed by atoms with Crippen molar-refractivity contribution in [3.63, 3.8) is 0 Å². The average Bonchev–Trinajstić information content (AvgIpc) is 3.12. The molecular formula is C23H20N2OS. The van der Waals surface area contributed by atoms with Crippen LogP contribution in [0.2, 0.25) is 0 Å². The number of hydrogen-bond donors (Lipinski definition) is 0. The quantitative estimate of drug-likeness (QED) is 0.453. The summed E-state index contributed by atoms with van der Waals surface area (Å²) in [6, 6.07) is 20.4. The minimum atomic E-state index is 0.520. The van der Waals surface area contributed by atoms with E-state index in [0.29, 0.717) is 6.61 Å². The van der Waals surface area contributed by atoms with E-state index in [1.807, 2.05) is 47.7 Å². The lowest BCUT2D eigenvalue weighted by molar-refractivity contribution is 0.298. The van der Waals surface area contributed by atoms with E-state index in [4.69, 9.17) is 14.7 Å². The second-order valence-electron chi connectivity index (χ2n) is 6.88. The van der Waals surface area contributed by atoms with Gasteiger partial charge in [-0.05, 0) is 36.8 Å². The van der Waals surface area contributed by atoms with Crippen LogP contribution in [0.3, 0.4) is 0 Å². The number of benzene rings is 2. The molecule has 0 fully saturated rings. The van der Waals surface area contributed by atoms with Crippen LogP contribution in [0, 0.1) is 0 Å². The minimum absolute atomic E-state index is 0.520. The molecule has 0 bridgehead atoms. The van der Waals surface area contributed by atoms with Gasteiger partial charge in [0.25, 0.3) is 0 Å². The monoisotopic (exact) mass is 372 g/mol. The molecule has 0 amide bonds. The molecule has 27 heavy (non-hydrogen) atoms. The van der Waals surface area contributed by atoms with E-state index in [0.717, 1.165) is 45.9 Å². The van der Waals surface area contributed by atoms with Crippen LogP contribution in [0.5, 0.6) is 5.88 Å². The molecule has 4 heteroatoms. The Morgan fingerprint density at radius 1 is 0.852 bits per heavy atom. The number of hydrogen-bond acceptors (Lipinski definition) is 4. The lowest BCUT2D eigenvalue weighted by Crippen LogP contribution is -2.03. The number of rotatable bonds is 4. The normalized spacial score (nSPS) is 13.5.